The van der Waals surface area contributed by atoms with E-state index in [0.717, 1.165) is 48.8 Å². The molecule has 1 N–H and O–H groups in total. The van der Waals surface area contributed by atoms with Crippen LogP contribution in [0.25, 0.3) is 21.5 Å². The van der Waals surface area contributed by atoms with Gasteiger partial charge in [0.15, 0.2) is 0 Å². The smallest absolute Gasteiger partial charge is 0.260 e. The number of nitrogens with one attached hydrogen (secondary N) is 1. The van der Waals surface area contributed by atoms with Crippen molar-refractivity contribution in [3.05, 3.63) is 89.5 Å². The summed E-state index contributed by atoms with van der Waals surface area (Å²) in [6.07, 6.45) is 2.71. The van der Waals surface area contributed by atoms with Gasteiger partial charge in [0, 0.05) is 5.56 Å². The van der Waals surface area contributed by atoms with Crippen molar-refractivity contribution in [2.75, 3.05) is 17.1 Å². The van der Waals surface area contributed by atoms with Crippen LogP contribution in [0.15, 0.2) is 77.9 Å². The lowest BCUT2D eigenvalue weighted by Crippen LogP contribution is -2.39. The van der Waals surface area contributed by atoms with Gasteiger partial charge in [-0.25, -0.2) is 13.8 Å². The summed E-state index contributed by atoms with van der Waals surface area (Å²) in [6, 6.07) is 23.6. The van der Waals surface area contributed by atoms with Crippen LogP contribution in [0.2, 0.25) is 0 Å². The summed E-state index contributed by atoms with van der Waals surface area (Å²) in [5.74, 6) is -0.524. The molecular weight excluding hydrogens is 434 g/mol. The quantitative estimate of drug-likeness (QED) is 0.261. The summed E-state index contributed by atoms with van der Waals surface area (Å²) in [5, 5.41) is 8.34. The first-order valence-corrected chi connectivity index (χ1v) is 12.4. The fraction of sp³-hybridized carbons (Fsp3) is 0.154. The highest BCUT2D eigenvalue weighted by atomic mass is 32.2. The minimum absolute atomic E-state index is 0.363. The molecule has 0 spiro atoms. The van der Waals surface area contributed by atoms with Gasteiger partial charge < -0.3 is 0 Å². The van der Waals surface area contributed by atoms with Crippen LogP contribution in [0.4, 0.5) is 5.69 Å². The van der Waals surface area contributed by atoms with Crippen molar-refractivity contribution in [2.24, 2.45) is 5.10 Å². The molecule has 0 fully saturated rings. The lowest BCUT2D eigenvalue weighted by molar-refractivity contribution is -0.119. The first kappa shape index (κ1) is 22.5. The molecule has 168 valence electrons. The maximum absolute atomic E-state index is 12.7. The van der Waals surface area contributed by atoms with Gasteiger partial charge in [-0.2, -0.15) is 5.10 Å². The highest BCUT2D eigenvalue weighted by Crippen LogP contribution is 2.28. The second-order valence-electron chi connectivity index (χ2n) is 8.04. The lowest BCUT2D eigenvalue weighted by Gasteiger charge is -2.25. The Morgan fingerprint density at radius 1 is 0.909 bits per heavy atom. The summed E-state index contributed by atoms with van der Waals surface area (Å²) in [6.45, 7) is 3.28. The zero-order valence-corrected chi connectivity index (χ0v) is 19.6. The number of hydrogen-bond acceptors (Lipinski definition) is 4. The molecule has 4 rings (SSSR count). The fourth-order valence-corrected chi connectivity index (χ4v) is 5.06. The van der Waals surface area contributed by atoms with Crippen LogP contribution in [0.5, 0.6) is 0 Å². The third-order valence-corrected chi connectivity index (χ3v) is 6.68. The van der Waals surface area contributed by atoms with Crippen LogP contribution < -0.4 is 9.73 Å². The Morgan fingerprint density at radius 2 is 1.45 bits per heavy atom. The van der Waals surface area contributed by atoms with Gasteiger partial charge in [-0.3, -0.25) is 9.10 Å². The Bertz CT molecular complexity index is 1420. The number of amides is 1. The molecule has 7 heteroatoms. The Balaban J connectivity index is 1.62. The first-order chi connectivity index (χ1) is 15.8. The molecule has 0 aromatic heterocycles. The maximum Gasteiger partial charge on any atom is 0.260 e. The van der Waals surface area contributed by atoms with Crippen LogP contribution in [0, 0.1) is 13.8 Å². The zero-order valence-electron chi connectivity index (χ0n) is 18.7. The molecular formula is C26H25N3O3S. The highest BCUT2D eigenvalue weighted by Gasteiger charge is 2.23. The second-order valence-corrected chi connectivity index (χ2v) is 9.94. The van der Waals surface area contributed by atoms with E-state index in [0.29, 0.717) is 5.69 Å². The average molecular weight is 460 g/mol. The Labute approximate surface area is 193 Å². The summed E-state index contributed by atoms with van der Waals surface area (Å²) >= 11 is 0. The minimum atomic E-state index is -3.67. The van der Waals surface area contributed by atoms with E-state index in [2.05, 4.69) is 16.6 Å². The molecule has 0 unspecified atom stereocenters. The number of hydrogen-bond donors (Lipinski definition) is 1. The van der Waals surface area contributed by atoms with Crippen LogP contribution in [-0.2, 0) is 14.8 Å². The number of fused-ring (bicyclic) bond motifs is 2. The molecule has 0 aliphatic carbocycles. The van der Waals surface area contributed by atoms with Crippen LogP contribution in [-0.4, -0.2) is 33.3 Å². The van der Waals surface area contributed by atoms with Crippen molar-refractivity contribution in [3.63, 3.8) is 0 Å². The third kappa shape index (κ3) is 4.73. The third-order valence-electron chi connectivity index (χ3n) is 5.57. The van der Waals surface area contributed by atoms with Crippen molar-refractivity contribution in [3.8, 4) is 0 Å². The standard InChI is InChI=1S/C26H25N3O3S/c1-18-9-8-10-19(2)26(18)29(33(3,31)32)17-25(30)28-27-16-24-22-13-6-4-11-20(22)15-21-12-5-7-14-23(21)24/h4-16H,17H2,1-3H3,(H,28,30). The molecule has 0 bridgehead atoms. The number of rotatable bonds is 6. The number of sulfonamides is 1. The van der Waals surface area contributed by atoms with Gasteiger partial charge in [-0.15, -0.1) is 0 Å². The highest BCUT2D eigenvalue weighted by molar-refractivity contribution is 7.92. The second kappa shape index (κ2) is 9.03. The van der Waals surface area contributed by atoms with Gasteiger partial charge in [0.2, 0.25) is 10.0 Å². The van der Waals surface area contributed by atoms with Gasteiger partial charge in [-0.05, 0) is 52.6 Å². The van der Waals surface area contributed by atoms with Crippen LogP contribution >= 0.6 is 0 Å². The van der Waals surface area contributed by atoms with E-state index in [1.165, 1.54) is 0 Å². The number of nitrogens with zero attached hydrogens (tertiary/aromatic N) is 2. The molecule has 0 saturated carbocycles. The molecule has 4 aromatic rings. The number of hydrazone groups is 1. The van der Waals surface area contributed by atoms with E-state index in [-0.39, 0.29) is 6.54 Å². The van der Waals surface area contributed by atoms with Gasteiger partial charge >= 0.3 is 0 Å². The molecule has 0 saturated heterocycles. The van der Waals surface area contributed by atoms with Crippen molar-refractivity contribution < 1.29 is 13.2 Å². The predicted molar refractivity (Wildman–Crippen MR) is 135 cm³/mol. The van der Waals surface area contributed by atoms with Crippen LogP contribution in [0.3, 0.4) is 0 Å². The molecule has 0 aliphatic heterocycles. The topological polar surface area (TPSA) is 78.8 Å². The zero-order chi connectivity index (χ0) is 23.6. The molecule has 0 heterocycles. The molecule has 0 radical (unpaired) electrons. The van der Waals surface area contributed by atoms with Crippen molar-refractivity contribution in [1.82, 2.24) is 5.43 Å². The number of carbonyl (C=O) groups excluding carboxylic acids is 1. The molecule has 6 nitrogen and oxygen atoms in total. The predicted octanol–water partition coefficient (Wildman–Crippen LogP) is 4.53. The van der Waals surface area contributed by atoms with Gasteiger partial charge in [0.25, 0.3) is 5.91 Å². The van der Waals surface area contributed by atoms with E-state index in [1.807, 2.05) is 80.6 Å². The van der Waals surface area contributed by atoms with E-state index in [9.17, 15) is 13.2 Å². The fourth-order valence-electron chi connectivity index (χ4n) is 4.08. The van der Waals surface area contributed by atoms with Crippen molar-refractivity contribution >= 4 is 49.4 Å². The number of aryl methyl sites for hydroxylation is 2. The number of benzene rings is 4. The Hall–Kier alpha value is -3.71. The Kier molecular flexibility index (Phi) is 6.16. The average Bonchev–Trinajstić information content (AvgIpc) is 2.77. The summed E-state index contributed by atoms with van der Waals surface area (Å²) in [4.78, 5) is 12.7. The van der Waals surface area contributed by atoms with Crippen LogP contribution in [0.1, 0.15) is 16.7 Å². The van der Waals surface area contributed by atoms with E-state index >= 15 is 0 Å². The van der Waals surface area contributed by atoms with Crippen molar-refractivity contribution in [1.29, 1.82) is 0 Å². The SMILES string of the molecule is Cc1cccc(C)c1N(CC(=O)NN=Cc1c2ccccc2cc2ccccc12)S(C)(=O)=O. The largest absolute Gasteiger partial charge is 0.271 e. The number of carbonyl (C=O) groups is 1. The van der Waals surface area contributed by atoms with Gasteiger partial charge in [-0.1, -0.05) is 66.7 Å². The maximum atomic E-state index is 12.7. The summed E-state index contributed by atoms with van der Waals surface area (Å²) in [5.41, 5.74) is 5.45. The minimum Gasteiger partial charge on any atom is -0.271 e. The molecule has 0 aliphatic rings. The van der Waals surface area contributed by atoms with E-state index in [4.69, 9.17) is 0 Å². The van der Waals surface area contributed by atoms with Gasteiger partial charge in [0.1, 0.15) is 6.54 Å². The van der Waals surface area contributed by atoms with E-state index in [1.54, 1.807) is 6.21 Å². The first-order valence-electron chi connectivity index (χ1n) is 10.5. The Morgan fingerprint density at radius 3 is 2.00 bits per heavy atom. The summed E-state index contributed by atoms with van der Waals surface area (Å²) < 4.78 is 26.1. The summed E-state index contributed by atoms with van der Waals surface area (Å²) in [7, 11) is -3.67. The van der Waals surface area contributed by atoms with Crippen molar-refractivity contribution in [2.45, 2.75) is 13.8 Å². The molecule has 4 aromatic carbocycles. The lowest BCUT2D eigenvalue weighted by atomic mass is 9.97. The molecule has 0 atom stereocenters. The number of anilines is 1. The van der Waals surface area contributed by atoms with Gasteiger partial charge in [0.05, 0.1) is 18.2 Å². The normalized spacial score (nSPS) is 11.8. The molecule has 33 heavy (non-hydrogen) atoms. The van der Waals surface area contributed by atoms with E-state index < -0.39 is 15.9 Å². The number of para-hydroxylation sites is 1. The monoisotopic (exact) mass is 459 g/mol. The molecule has 1 amide bonds.